The summed E-state index contributed by atoms with van der Waals surface area (Å²) in [6, 6.07) is 4.43. The van der Waals surface area contributed by atoms with Crippen molar-refractivity contribution in [1.82, 2.24) is 15.3 Å². The van der Waals surface area contributed by atoms with E-state index in [2.05, 4.69) is 50.1 Å². The molecule has 2 N–H and O–H groups in total. The van der Waals surface area contributed by atoms with Gasteiger partial charge in [0, 0.05) is 11.3 Å². The van der Waals surface area contributed by atoms with Crippen LogP contribution in [0.1, 0.15) is 28.2 Å². The largest absolute Gasteiger partial charge is 0.344 e. The molecule has 2 rings (SSSR count). The first-order chi connectivity index (χ1) is 8.52. The number of aromatic amines is 1. The Bertz CT molecular complexity index is 544. The molecule has 3 heteroatoms. The lowest BCUT2D eigenvalue weighted by Gasteiger charge is -2.09. The van der Waals surface area contributed by atoms with Gasteiger partial charge >= 0.3 is 0 Å². The molecule has 0 atom stereocenters. The van der Waals surface area contributed by atoms with Gasteiger partial charge in [-0.3, -0.25) is 0 Å². The zero-order valence-corrected chi connectivity index (χ0v) is 11.8. The Morgan fingerprint density at radius 3 is 2.28 bits per heavy atom. The summed E-state index contributed by atoms with van der Waals surface area (Å²) in [6.45, 7) is 9.29. The Hall–Kier alpha value is -1.61. The molecular weight excluding hydrogens is 222 g/mol. The summed E-state index contributed by atoms with van der Waals surface area (Å²) in [7, 11) is 1.93. The smallest absolute Gasteiger partial charge is 0.121 e. The van der Waals surface area contributed by atoms with Crippen LogP contribution >= 0.6 is 0 Å². The molecule has 0 aliphatic carbocycles. The molecule has 0 radical (unpaired) electrons. The van der Waals surface area contributed by atoms with Crippen LogP contribution in [0.15, 0.2) is 12.1 Å². The van der Waals surface area contributed by atoms with E-state index in [1.54, 1.807) is 0 Å². The molecular formula is C15H21N3. The van der Waals surface area contributed by atoms with Crippen LogP contribution in [-0.2, 0) is 6.54 Å². The maximum Gasteiger partial charge on any atom is 0.121 e. The van der Waals surface area contributed by atoms with Crippen LogP contribution in [0.3, 0.4) is 0 Å². The summed E-state index contributed by atoms with van der Waals surface area (Å²) in [5, 5.41) is 3.12. The fraction of sp³-hybridized carbons (Fsp3) is 0.400. The molecule has 0 saturated carbocycles. The minimum Gasteiger partial charge on any atom is -0.344 e. The van der Waals surface area contributed by atoms with E-state index in [0.29, 0.717) is 0 Å². The van der Waals surface area contributed by atoms with Gasteiger partial charge in [-0.25, -0.2) is 4.98 Å². The molecule has 0 unspecified atom stereocenters. The van der Waals surface area contributed by atoms with Crippen molar-refractivity contribution in [3.8, 4) is 11.3 Å². The van der Waals surface area contributed by atoms with Crippen LogP contribution in [0.5, 0.6) is 0 Å². The van der Waals surface area contributed by atoms with Crippen LogP contribution < -0.4 is 5.32 Å². The zero-order chi connectivity index (χ0) is 13.3. The van der Waals surface area contributed by atoms with Crippen molar-refractivity contribution >= 4 is 0 Å². The third-order valence-electron chi connectivity index (χ3n) is 3.19. The van der Waals surface area contributed by atoms with Crippen molar-refractivity contribution in [2.24, 2.45) is 0 Å². The lowest BCUT2D eigenvalue weighted by atomic mass is 9.96. The standard InChI is InChI=1S/C15H21N3/c1-9-6-10(2)14(11(3)7-9)15-12(4)17-13(18-15)8-16-5/h6-7,16H,8H2,1-5H3,(H,17,18). The van der Waals surface area contributed by atoms with E-state index in [9.17, 15) is 0 Å². The highest BCUT2D eigenvalue weighted by Crippen LogP contribution is 2.29. The van der Waals surface area contributed by atoms with Gasteiger partial charge in [0.1, 0.15) is 5.82 Å². The van der Waals surface area contributed by atoms with Gasteiger partial charge in [-0.15, -0.1) is 0 Å². The fourth-order valence-corrected chi connectivity index (χ4v) is 2.57. The first-order valence-corrected chi connectivity index (χ1v) is 6.31. The molecule has 0 amide bonds. The van der Waals surface area contributed by atoms with Gasteiger partial charge in [0.15, 0.2) is 0 Å². The van der Waals surface area contributed by atoms with E-state index in [-0.39, 0.29) is 0 Å². The van der Waals surface area contributed by atoms with Gasteiger partial charge in [0.05, 0.1) is 12.2 Å². The second kappa shape index (κ2) is 4.94. The second-order valence-corrected chi connectivity index (χ2v) is 4.96. The molecule has 0 aliphatic heterocycles. The SMILES string of the molecule is CNCc1nc(-c2c(C)cc(C)cc2C)c(C)[nH]1. The number of nitrogens with zero attached hydrogens (tertiary/aromatic N) is 1. The minimum atomic E-state index is 0.769. The Morgan fingerprint density at radius 2 is 1.72 bits per heavy atom. The highest BCUT2D eigenvalue weighted by Gasteiger charge is 2.13. The van der Waals surface area contributed by atoms with Crippen molar-refractivity contribution in [2.75, 3.05) is 7.05 Å². The first kappa shape index (κ1) is 12.8. The molecule has 3 nitrogen and oxygen atoms in total. The Balaban J connectivity index is 2.55. The zero-order valence-electron chi connectivity index (χ0n) is 11.8. The Morgan fingerprint density at radius 1 is 1.11 bits per heavy atom. The lowest BCUT2D eigenvalue weighted by molar-refractivity contribution is 0.770. The number of H-pyrrole nitrogens is 1. The molecule has 2 aromatic rings. The normalized spacial score (nSPS) is 10.9. The number of rotatable bonds is 3. The molecule has 0 aliphatic rings. The van der Waals surface area contributed by atoms with Crippen LogP contribution in [0.4, 0.5) is 0 Å². The maximum absolute atomic E-state index is 4.70. The summed E-state index contributed by atoms with van der Waals surface area (Å²) in [5.74, 6) is 0.990. The molecule has 18 heavy (non-hydrogen) atoms. The van der Waals surface area contributed by atoms with Gasteiger partial charge in [-0.2, -0.15) is 0 Å². The predicted molar refractivity (Wildman–Crippen MR) is 75.7 cm³/mol. The van der Waals surface area contributed by atoms with Crippen molar-refractivity contribution in [1.29, 1.82) is 0 Å². The molecule has 0 fully saturated rings. The first-order valence-electron chi connectivity index (χ1n) is 6.31. The van der Waals surface area contributed by atoms with Gasteiger partial charge in [0.2, 0.25) is 0 Å². The summed E-state index contributed by atoms with van der Waals surface area (Å²) in [5.41, 5.74) is 7.36. The second-order valence-electron chi connectivity index (χ2n) is 4.96. The Labute approximate surface area is 109 Å². The summed E-state index contributed by atoms with van der Waals surface area (Å²) in [4.78, 5) is 8.04. The van der Waals surface area contributed by atoms with Crippen molar-refractivity contribution in [2.45, 2.75) is 34.2 Å². The quantitative estimate of drug-likeness (QED) is 0.870. The lowest BCUT2D eigenvalue weighted by Crippen LogP contribution is -2.06. The van der Waals surface area contributed by atoms with E-state index in [0.717, 1.165) is 23.8 Å². The molecule has 0 bridgehead atoms. The number of hydrogen-bond donors (Lipinski definition) is 2. The number of aryl methyl sites for hydroxylation is 4. The molecule has 1 aromatic carbocycles. The predicted octanol–water partition coefficient (Wildman–Crippen LogP) is 3.03. The van der Waals surface area contributed by atoms with Crippen LogP contribution in [0.25, 0.3) is 11.3 Å². The summed E-state index contributed by atoms with van der Waals surface area (Å²) in [6.07, 6.45) is 0. The third-order valence-corrected chi connectivity index (χ3v) is 3.19. The Kier molecular flexibility index (Phi) is 3.53. The molecule has 96 valence electrons. The molecule has 1 aromatic heterocycles. The van der Waals surface area contributed by atoms with Gasteiger partial charge in [-0.05, 0) is 45.9 Å². The monoisotopic (exact) mass is 243 g/mol. The van der Waals surface area contributed by atoms with Crippen molar-refractivity contribution in [3.63, 3.8) is 0 Å². The minimum absolute atomic E-state index is 0.769. The van der Waals surface area contributed by atoms with Crippen molar-refractivity contribution < 1.29 is 0 Å². The van der Waals surface area contributed by atoms with Crippen LogP contribution in [0.2, 0.25) is 0 Å². The summed E-state index contributed by atoms with van der Waals surface area (Å²) < 4.78 is 0. The van der Waals surface area contributed by atoms with E-state index in [1.165, 1.54) is 22.3 Å². The number of hydrogen-bond acceptors (Lipinski definition) is 2. The van der Waals surface area contributed by atoms with Gasteiger partial charge in [0.25, 0.3) is 0 Å². The highest BCUT2D eigenvalue weighted by atomic mass is 15.0. The van der Waals surface area contributed by atoms with E-state index in [1.807, 2.05) is 7.05 Å². The van der Waals surface area contributed by atoms with Gasteiger partial charge in [-0.1, -0.05) is 17.7 Å². The maximum atomic E-state index is 4.70. The number of aromatic nitrogens is 2. The molecule has 1 heterocycles. The average molecular weight is 243 g/mol. The summed E-state index contributed by atoms with van der Waals surface area (Å²) >= 11 is 0. The highest BCUT2D eigenvalue weighted by molar-refractivity contribution is 5.70. The number of benzene rings is 1. The molecule has 0 saturated heterocycles. The van der Waals surface area contributed by atoms with Crippen molar-refractivity contribution in [3.05, 3.63) is 40.3 Å². The molecule has 0 spiro atoms. The number of nitrogens with one attached hydrogen (secondary N) is 2. The fourth-order valence-electron chi connectivity index (χ4n) is 2.57. The van der Waals surface area contributed by atoms with E-state index >= 15 is 0 Å². The number of imidazole rings is 1. The topological polar surface area (TPSA) is 40.7 Å². The van der Waals surface area contributed by atoms with Crippen LogP contribution in [-0.4, -0.2) is 17.0 Å². The average Bonchev–Trinajstić information content (AvgIpc) is 2.59. The van der Waals surface area contributed by atoms with Gasteiger partial charge < -0.3 is 10.3 Å². The van der Waals surface area contributed by atoms with Crippen LogP contribution in [0, 0.1) is 27.7 Å². The third kappa shape index (κ3) is 2.31. The van der Waals surface area contributed by atoms with E-state index < -0.39 is 0 Å². The van der Waals surface area contributed by atoms with E-state index in [4.69, 9.17) is 4.98 Å².